The van der Waals surface area contributed by atoms with Gasteiger partial charge in [-0.25, -0.2) is 8.42 Å². The van der Waals surface area contributed by atoms with E-state index in [0.717, 1.165) is 19.3 Å². The third kappa shape index (κ3) is 2.71. The Hall–Kier alpha value is -0.170. The average molecular weight is 276 g/mol. The van der Waals surface area contributed by atoms with Gasteiger partial charge in [0.05, 0.1) is 17.6 Å². The fraction of sp³-hybridized carbons (Fsp3) is 1.00. The molecule has 0 aromatic heterocycles. The summed E-state index contributed by atoms with van der Waals surface area (Å²) in [4.78, 5) is 2.22. The van der Waals surface area contributed by atoms with Crippen molar-refractivity contribution in [2.75, 3.05) is 31.7 Å². The molecule has 3 atom stereocenters. The van der Waals surface area contributed by atoms with Crippen LogP contribution < -0.4 is 5.73 Å². The zero-order valence-corrected chi connectivity index (χ0v) is 12.1. The smallest absolute Gasteiger partial charge is 0.151 e. The predicted molar refractivity (Wildman–Crippen MR) is 71.3 cm³/mol. The molecule has 18 heavy (non-hydrogen) atoms. The molecule has 0 aromatic rings. The average Bonchev–Trinajstić information content (AvgIpc) is 2.68. The summed E-state index contributed by atoms with van der Waals surface area (Å²) in [5, 5.41) is 0. The summed E-state index contributed by atoms with van der Waals surface area (Å²) in [5.74, 6) is 0.592. The van der Waals surface area contributed by atoms with Crippen molar-refractivity contribution in [3.8, 4) is 0 Å². The first-order valence-corrected chi connectivity index (χ1v) is 8.46. The molecule has 0 radical (unpaired) electrons. The van der Waals surface area contributed by atoms with Gasteiger partial charge in [-0.05, 0) is 33.2 Å². The molecular formula is C12H24N2O3S. The van der Waals surface area contributed by atoms with E-state index in [1.54, 1.807) is 0 Å². The third-order valence-electron chi connectivity index (χ3n) is 4.52. The first-order valence-electron chi connectivity index (χ1n) is 6.64. The minimum Gasteiger partial charge on any atom is -0.378 e. The molecule has 2 rings (SSSR count). The maximum atomic E-state index is 11.6. The summed E-state index contributed by atoms with van der Waals surface area (Å²) in [6.07, 6.45) is 2.70. The van der Waals surface area contributed by atoms with Crippen LogP contribution in [0.3, 0.4) is 0 Å². The molecule has 0 aromatic carbocycles. The van der Waals surface area contributed by atoms with Gasteiger partial charge >= 0.3 is 0 Å². The molecule has 0 saturated carbocycles. The highest BCUT2D eigenvalue weighted by molar-refractivity contribution is 7.91. The zero-order valence-electron chi connectivity index (χ0n) is 11.3. The Bertz CT molecular complexity index is 398. The van der Waals surface area contributed by atoms with E-state index in [1.165, 1.54) is 0 Å². The largest absolute Gasteiger partial charge is 0.378 e. The second-order valence-electron chi connectivity index (χ2n) is 5.73. The number of ether oxygens (including phenoxy) is 1. The molecule has 5 nitrogen and oxygen atoms in total. The Morgan fingerprint density at radius 3 is 2.72 bits per heavy atom. The second-order valence-corrected chi connectivity index (χ2v) is 7.96. The minimum absolute atomic E-state index is 0.0950. The summed E-state index contributed by atoms with van der Waals surface area (Å²) in [5.41, 5.74) is 5.89. The lowest BCUT2D eigenvalue weighted by Crippen LogP contribution is -2.60. The zero-order chi connectivity index (χ0) is 13.4. The van der Waals surface area contributed by atoms with Crippen molar-refractivity contribution in [2.24, 2.45) is 5.73 Å². The lowest BCUT2D eigenvalue weighted by molar-refractivity contribution is -0.0652. The summed E-state index contributed by atoms with van der Waals surface area (Å²) < 4.78 is 28.8. The Kier molecular flexibility index (Phi) is 4.02. The van der Waals surface area contributed by atoms with Gasteiger partial charge in [0.15, 0.2) is 9.84 Å². The molecule has 0 aliphatic carbocycles. The number of nitrogens with zero attached hydrogens (tertiary/aromatic N) is 1. The quantitative estimate of drug-likeness (QED) is 0.785. The van der Waals surface area contributed by atoms with E-state index in [4.69, 9.17) is 10.5 Å². The Labute approximate surface area is 110 Å². The fourth-order valence-corrected chi connectivity index (χ4v) is 5.04. The topological polar surface area (TPSA) is 72.6 Å². The highest BCUT2D eigenvalue weighted by atomic mass is 32.2. The van der Waals surface area contributed by atoms with Crippen LogP contribution in [-0.4, -0.2) is 62.7 Å². The van der Waals surface area contributed by atoms with Gasteiger partial charge in [0, 0.05) is 24.7 Å². The molecule has 0 amide bonds. The van der Waals surface area contributed by atoms with E-state index in [-0.39, 0.29) is 23.4 Å². The van der Waals surface area contributed by atoms with E-state index >= 15 is 0 Å². The van der Waals surface area contributed by atoms with Gasteiger partial charge in [0.2, 0.25) is 0 Å². The molecule has 0 bridgehead atoms. The van der Waals surface area contributed by atoms with Crippen molar-refractivity contribution in [1.82, 2.24) is 4.90 Å². The van der Waals surface area contributed by atoms with Gasteiger partial charge in [-0.3, -0.25) is 4.90 Å². The van der Waals surface area contributed by atoms with Gasteiger partial charge in [0.25, 0.3) is 0 Å². The van der Waals surface area contributed by atoms with Crippen LogP contribution in [0.4, 0.5) is 0 Å². The second kappa shape index (κ2) is 5.07. The lowest BCUT2D eigenvalue weighted by Gasteiger charge is -2.48. The first kappa shape index (κ1) is 14.2. The summed E-state index contributed by atoms with van der Waals surface area (Å²) in [6.45, 7) is 3.33. The van der Waals surface area contributed by atoms with Crippen LogP contribution in [0, 0.1) is 0 Å². The molecule has 2 saturated heterocycles. The van der Waals surface area contributed by atoms with Crippen LogP contribution in [0.5, 0.6) is 0 Å². The maximum Gasteiger partial charge on any atom is 0.151 e. The fourth-order valence-electron chi connectivity index (χ4n) is 3.26. The monoisotopic (exact) mass is 276 g/mol. The Morgan fingerprint density at radius 1 is 1.50 bits per heavy atom. The van der Waals surface area contributed by atoms with Crippen LogP contribution >= 0.6 is 0 Å². The molecule has 2 fully saturated rings. The van der Waals surface area contributed by atoms with Crippen LogP contribution in [0.2, 0.25) is 0 Å². The number of likely N-dealkylation sites (N-methyl/N-ethyl adjacent to an activating group) is 1. The van der Waals surface area contributed by atoms with Gasteiger partial charge in [0.1, 0.15) is 0 Å². The van der Waals surface area contributed by atoms with Crippen LogP contribution in [0.25, 0.3) is 0 Å². The molecular weight excluding hydrogens is 252 g/mol. The molecule has 0 spiro atoms. The van der Waals surface area contributed by atoms with E-state index < -0.39 is 9.84 Å². The lowest BCUT2D eigenvalue weighted by atomic mass is 9.84. The normalized spacial score (nSPS) is 40.2. The number of hydrogen-bond donors (Lipinski definition) is 1. The van der Waals surface area contributed by atoms with Crippen molar-refractivity contribution in [1.29, 1.82) is 0 Å². The Morgan fingerprint density at radius 2 is 2.22 bits per heavy atom. The molecule has 2 aliphatic rings. The Balaban J connectivity index is 2.12. The van der Waals surface area contributed by atoms with E-state index in [9.17, 15) is 8.42 Å². The SMILES string of the molecule is CC1CC(CN)(N(C)C2CCS(=O)(=O)C2)CCO1. The summed E-state index contributed by atoms with van der Waals surface area (Å²) in [6, 6.07) is 0.115. The predicted octanol–water partition coefficient (Wildman–Crippen LogP) is 0.00170. The van der Waals surface area contributed by atoms with Gasteiger partial charge in [-0.2, -0.15) is 0 Å². The van der Waals surface area contributed by atoms with Crippen molar-refractivity contribution < 1.29 is 13.2 Å². The third-order valence-corrected chi connectivity index (χ3v) is 6.27. The van der Waals surface area contributed by atoms with Crippen LogP contribution in [0.1, 0.15) is 26.2 Å². The van der Waals surface area contributed by atoms with Gasteiger partial charge < -0.3 is 10.5 Å². The molecule has 2 heterocycles. The van der Waals surface area contributed by atoms with Gasteiger partial charge in [-0.1, -0.05) is 0 Å². The molecule has 106 valence electrons. The van der Waals surface area contributed by atoms with Crippen molar-refractivity contribution in [3.05, 3.63) is 0 Å². The number of rotatable bonds is 3. The van der Waals surface area contributed by atoms with Crippen molar-refractivity contribution >= 4 is 9.84 Å². The van der Waals surface area contributed by atoms with Crippen molar-refractivity contribution in [3.63, 3.8) is 0 Å². The highest BCUT2D eigenvalue weighted by Gasteiger charge is 2.43. The van der Waals surface area contributed by atoms with E-state index in [1.807, 2.05) is 7.05 Å². The number of hydrogen-bond acceptors (Lipinski definition) is 5. The van der Waals surface area contributed by atoms with Crippen LogP contribution in [-0.2, 0) is 14.6 Å². The van der Waals surface area contributed by atoms with Gasteiger partial charge in [-0.15, -0.1) is 0 Å². The summed E-state index contributed by atoms with van der Waals surface area (Å²) >= 11 is 0. The van der Waals surface area contributed by atoms with E-state index in [0.29, 0.717) is 18.9 Å². The number of nitrogens with two attached hydrogens (primary N) is 1. The number of sulfone groups is 1. The minimum atomic E-state index is -2.84. The standard InChI is InChI=1S/C12H24N2O3S/c1-10-7-12(9-13,4-5-17-10)14(2)11-3-6-18(15,16)8-11/h10-11H,3-9,13H2,1-2H3. The molecule has 2 N–H and O–H groups in total. The highest BCUT2D eigenvalue weighted by Crippen LogP contribution is 2.33. The summed E-state index contributed by atoms with van der Waals surface area (Å²) in [7, 11) is -0.817. The van der Waals surface area contributed by atoms with E-state index in [2.05, 4.69) is 11.8 Å². The molecule has 3 unspecified atom stereocenters. The molecule has 6 heteroatoms. The molecule has 2 aliphatic heterocycles. The maximum absolute atomic E-state index is 11.6. The van der Waals surface area contributed by atoms with Crippen molar-refractivity contribution in [2.45, 2.75) is 43.9 Å². The first-order chi connectivity index (χ1) is 8.38. The van der Waals surface area contributed by atoms with Crippen LogP contribution in [0.15, 0.2) is 0 Å².